The predicted molar refractivity (Wildman–Crippen MR) is 90.6 cm³/mol. The summed E-state index contributed by atoms with van der Waals surface area (Å²) in [7, 11) is 0. The first-order valence-corrected chi connectivity index (χ1v) is 7.01. The Morgan fingerprint density at radius 2 is 1.77 bits per heavy atom. The first-order chi connectivity index (χ1) is 10.3. The molecule has 0 atom stereocenters. The van der Waals surface area contributed by atoms with E-state index in [9.17, 15) is 4.79 Å². The third-order valence-electron chi connectivity index (χ3n) is 2.94. The Labute approximate surface area is 130 Å². The average molecular weight is 299 g/mol. The van der Waals surface area contributed by atoms with E-state index in [-0.39, 0.29) is 0 Å². The lowest BCUT2D eigenvalue weighted by molar-refractivity contribution is 0.0636. The molecule has 0 aromatic heterocycles. The number of nitrogens with two attached hydrogens (primary N) is 2. The van der Waals surface area contributed by atoms with Gasteiger partial charge in [-0.2, -0.15) is 0 Å². The van der Waals surface area contributed by atoms with Gasteiger partial charge < -0.3 is 16.2 Å². The lowest BCUT2D eigenvalue weighted by Crippen LogP contribution is -2.27. The molecule has 2 aromatic rings. The maximum Gasteiger partial charge on any atom is 0.412 e. The van der Waals surface area contributed by atoms with Crippen molar-refractivity contribution in [1.82, 2.24) is 0 Å². The molecule has 0 spiro atoms. The van der Waals surface area contributed by atoms with E-state index in [1.807, 2.05) is 36.4 Å². The smallest absolute Gasteiger partial charge is 0.412 e. The van der Waals surface area contributed by atoms with Crippen LogP contribution in [0, 0.1) is 0 Å². The highest BCUT2D eigenvalue weighted by Gasteiger charge is 2.17. The van der Waals surface area contributed by atoms with Gasteiger partial charge in [-0.05, 0) is 44.5 Å². The molecule has 0 aliphatic heterocycles. The number of rotatable bonds is 2. The van der Waals surface area contributed by atoms with Gasteiger partial charge in [0.25, 0.3) is 0 Å². The van der Waals surface area contributed by atoms with Crippen LogP contribution in [-0.4, -0.2) is 11.7 Å². The molecule has 1 amide bonds. The van der Waals surface area contributed by atoms with E-state index in [2.05, 4.69) is 5.32 Å². The molecule has 116 valence electrons. The van der Waals surface area contributed by atoms with Gasteiger partial charge in [-0.15, -0.1) is 0 Å². The van der Waals surface area contributed by atoms with E-state index in [0.717, 1.165) is 11.1 Å². The standard InChI is InChI=1S/C17H21N3O2/c1-17(2,3)22-16(21)20-14-9-5-8-13(15(14)19)11-6-4-7-12(18)10-11/h4-10H,18-19H2,1-3H3,(H,20,21). The molecule has 5 heteroatoms. The van der Waals surface area contributed by atoms with E-state index in [1.165, 1.54) is 0 Å². The SMILES string of the molecule is CC(C)(C)OC(=O)Nc1cccc(-c2cccc(N)c2)c1N. The Morgan fingerprint density at radius 3 is 2.41 bits per heavy atom. The molecule has 0 aliphatic carbocycles. The second-order valence-electron chi connectivity index (χ2n) is 6.02. The fourth-order valence-corrected chi connectivity index (χ4v) is 2.05. The van der Waals surface area contributed by atoms with Gasteiger partial charge in [-0.3, -0.25) is 5.32 Å². The molecule has 0 saturated heterocycles. The van der Waals surface area contributed by atoms with E-state index in [1.54, 1.807) is 26.8 Å². The summed E-state index contributed by atoms with van der Waals surface area (Å²) in [6, 6.07) is 12.9. The Kier molecular flexibility index (Phi) is 4.26. The first-order valence-electron chi connectivity index (χ1n) is 7.01. The third-order valence-corrected chi connectivity index (χ3v) is 2.94. The third kappa shape index (κ3) is 3.91. The van der Waals surface area contributed by atoms with Crippen molar-refractivity contribution >= 4 is 23.2 Å². The fourth-order valence-electron chi connectivity index (χ4n) is 2.05. The average Bonchev–Trinajstić information content (AvgIpc) is 2.39. The van der Waals surface area contributed by atoms with Gasteiger partial charge in [0.05, 0.1) is 11.4 Å². The minimum absolute atomic E-state index is 0.471. The molecular formula is C17H21N3O2. The van der Waals surface area contributed by atoms with Gasteiger partial charge >= 0.3 is 6.09 Å². The van der Waals surface area contributed by atoms with Crippen molar-refractivity contribution in [3.63, 3.8) is 0 Å². The number of amides is 1. The van der Waals surface area contributed by atoms with Crippen LogP contribution in [0.3, 0.4) is 0 Å². The van der Waals surface area contributed by atoms with Gasteiger partial charge in [0.1, 0.15) is 5.60 Å². The Bertz CT molecular complexity index is 691. The maximum atomic E-state index is 11.9. The number of carbonyl (C=O) groups is 1. The van der Waals surface area contributed by atoms with Crippen LogP contribution in [0.1, 0.15) is 20.8 Å². The monoisotopic (exact) mass is 299 g/mol. The van der Waals surface area contributed by atoms with Crippen LogP contribution in [0.2, 0.25) is 0 Å². The molecule has 0 bridgehead atoms. The summed E-state index contributed by atoms with van der Waals surface area (Å²) < 4.78 is 5.24. The van der Waals surface area contributed by atoms with Crippen LogP contribution in [0.25, 0.3) is 11.1 Å². The minimum Gasteiger partial charge on any atom is -0.444 e. The van der Waals surface area contributed by atoms with Crippen molar-refractivity contribution in [3.8, 4) is 11.1 Å². The molecule has 2 aromatic carbocycles. The lowest BCUT2D eigenvalue weighted by atomic mass is 10.0. The second kappa shape index (κ2) is 5.97. The molecular weight excluding hydrogens is 278 g/mol. The zero-order chi connectivity index (χ0) is 16.3. The Hall–Kier alpha value is -2.69. The van der Waals surface area contributed by atoms with E-state index < -0.39 is 11.7 Å². The van der Waals surface area contributed by atoms with E-state index in [4.69, 9.17) is 16.2 Å². The number of benzene rings is 2. The number of para-hydroxylation sites is 1. The highest BCUT2D eigenvalue weighted by atomic mass is 16.6. The van der Waals surface area contributed by atoms with Gasteiger partial charge in [-0.1, -0.05) is 24.3 Å². The molecule has 5 nitrogen and oxygen atoms in total. The van der Waals surface area contributed by atoms with Crippen LogP contribution < -0.4 is 16.8 Å². The highest BCUT2D eigenvalue weighted by Crippen LogP contribution is 2.32. The Morgan fingerprint density at radius 1 is 1.09 bits per heavy atom. The number of ether oxygens (including phenoxy) is 1. The van der Waals surface area contributed by atoms with Gasteiger partial charge in [0.2, 0.25) is 0 Å². The summed E-state index contributed by atoms with van der Waals surface area (Å²) in [5, 5.41) is 2.67. The number of hydrogen-bond donors (Lipinski definition) is 3. The fraction of sp³-hybridized carbons (Fsp3) is 0.235. The maximum absolute atomic E-state index is 11.9. The zero-order valence-electron chi connectivity index (χ0n) is 13.0. The molecule has 22 heavy (non-hydrogen) atoms. The number of hydrogen-bond acceptors (Lipinski definition) is 4. The predicted octanol–water partition coefficient (Wildman–Crippen LogP) is 3.87. The van der Waals surface area contributed by atoms with Gasteiger partial charge in [0.15, 0.2) is 0 Å². The Balaban J connectivity index is 2.28. The van der Waals surface area contributed by atoms with Crippen LogP contribution in [0.15, 0.2) is 42.5 Å². The van der Waals surface area contributed by atoms with Crippen molar-refractivity contribution in [2.45, 2.75) is 26.4 Å². The summed E-state index contributed by atoms with van der Waals surface area (Å²) >= 11 is 0. The quantitative estimate of drug-likeness (QED) is 0.734. The number of anilines is 3. The first kappa shape index (κ1) is 15.7. The summed E-state index contributed by atoms with van der Waals surface area (Å²) in [5.74, 6) is 0. The van der Waals surface area contributed by atoms with Crippen molar-refractivity contribution in [1.29, 1.82) is 0 Å². The van der Waals surface area contributed by atoms with Crippen molar-refractivity contribution in [2.24, 2.45) is 0 Å². The van der Waals surface area contributed by atoms with Crippen molar-refractivity contribution in [3.05, 3.63) is 42.5 Å². The normalized spacial score (nSPS) is 11.0. The van der Waals surface area contributed by atoms with Crippen LogP contribution >= 0.6 is 0 Å². The largest absolute Gasteiger partial charge is 0.444 e. The number of nitrogen functional groups attached to an aromatic ring is 2. The summed E-state index contributed by atoms with van der Waals surface area (Å²) in [6.45, 7) is 5.41. The van der Waals surface area contributed by atoms with Crippen LogP contribution in [-0.2, 0) is 4.74 Å². The highest BCUT2D eigenvalue weighted by molar-refractivity contribution is 5.94. The summed E-state index contributed by atoms with van der Waals surface area (Å²) in [6.07, 6.45) is -0.538. The van der Waals surface area contributed by atoms with Crippen molar-refractivity contribution in [2.75, 3.05) is 16.8 Å². The molecule has 2 rings (SSSR count). The molecule has 5 N–H and O–H groups in total. The molecule has 0 heterocycles. The molecule has 0 unspecified atom stereocenters. The number of carbonyl (C=O) groups excluding carboxylic acids is 1. The van der Waals surface area contributed by atoms with Crippen molar-refractivity contribution < 1.29 is 9.53 Å². The molecule has 0 radical (unpaired) electrons. The van der Waals surface area contributed by atoms with Crippen LogP contribution in [0.5, 0.6) is 0 Å². The van der Waals surface area contributed by atoms with Gasteiger partial charge in [0, 0.05) is 11.3 Å². The molecule has 0 aliphatic rings. The molecule has 0 saturated carbocycles. The van der Waals surface area contributed by atoms with E-state index in [0.29, 0.717) is 17.1 Å². The number of nitrogens with one attached hydrogen (secondary N) is 1. The summed E-state index contributed by atoms with van der Waals surface area (Å²) in [5.41, 5.74) is 14.7. The lowest BCUT2D eigenvalue weighted by Gasteiger charge is -2.20. The van der Waals surface area contributed by atoms with Crippen LogP contribution in [0.4, 0.5) is 21.9 Å². The van der Waals surface area contributed by atoms with E-state index >= 15 is 0 Å². The van der Waals surface area contributed by atoms with Gasteiger partial charge in [-0.25, -0.2) is 4.79 Å². The molecule has 0 fully saturated rings. The zero-order valence-corrected chi connectivity index (χ0v) is 13.0. The summed E-state index contributed by atoms with van der Waals surface area (Å²) in [4.78, 5) is 11.9. The topological polar surface area (TPSA) is 90.4 Å². The second-order valence-corrected chi connectivity index (χ2v) is 6.02. The minimum atomic E-state index is -0.565.